The monoisotopic (exact) mass is 395 g/mol. The van der Waals surface area contributed by atoms with E-state index in [1.54, 1.807) is 18.2 Å². The average Bonchev–Trinajstić information content (AvgIpc) is 2.42. The fraction of sp³-hybridized carbons (Fsp3) is 0.500. The van der Waals surface area contributed by atoms with Crippen molar-refractivity contribution >= 4 is 29.9 Å². The van der Waals surface area contributed by atoms with Crippen LogP contribution in [0.25, 0.3) is 0 Å². The van der Waals surface area contributed by atoms with Crippen LogP contribution in [0.2, 0.25) is 0 Å². The van der Waals surface area contributed by atoms with Crippen molar-refractivity contribution in [3.8, 4) is 0 Å². The molecule has 0 radical (unpaired) electrons. The molecule has 1 aromatic rings. The van der Waals surface area contributed by atoms with Crippen molar-refractivity contribution in [2.45, 2.75) is 26.4 Å². The van der Waals surface area contributed by atoms with Crippen LogP contribution < -0.4 is 10.6 Å². The SMILES string of the molecule is CCCNC(=NCC(O)c1ccccc1F)NCC.I. The summed E-state index contributed by atoms with van der Waals surface area (Å²) in [5, 5.41) is 16.1. The van der Waals surface area contributed by atoms with E-state index >= 15 is 0 Å². The summed E-state index contributed by atoms with van der Waals surface area (Å²) in [6.45, 7) is 5.70. The van der Waals surface area contributed by atoms with Gasteiger partial charge in [0, 0.05) is 18.7 Å². The molecule has 0 heterocycles. The summed E-state index contributed by atoms with van der Waals surface area (Å²) in [7, 11) is 0. The van der Waals surface area contributed by atoms with Crippen molar-refractivity contribution in [1.82, 2.24) is 10.6 Å². The number of aliphatic hydroxyl groups is 1. The fourth-order valence-corrected chi connectivity index (χ4v) is 1.61. The van der Waals surface area contributed by atoms with Crippen LogP contribution in [0.1, 0.15) is 31.9 Å². The molecule has 0 aliphatic rings. The molecule has 0 spiro atoms. The summed E-state index contributed by atoms with van der Waals surface area (Å²) in [5.74, 6) is 0.233. The Labute approximate surface area is 136 Å². The van der Waals surface area contributed by atoms with E-state index in [-0.39, 0.29) is 36.1 Å². The van der Waals surface area contributed by atoms with Crippen molar-refractivity contribution in [3.63, 3.8) is 0 Å². The van der Waals surface area contributed by atoms with Gasteiger partial charge < -0.3 is 15.7 Å². The number of hydrogen-bond donors (Lipinski definition) is 3. The maximum atomic E-state index is 13.5. The predicted molar refractivity (Wildman–Crippen MR) is 91.0 cm³/mol. The number of halogens is 2. The van der Waals surface area contributed by atoms with Gasteiger partial charge in [0.1, 0.15) is 11.9 Å². The van der Waals surface area contributed by atoms with Gasteiger partial charge in [0.2, 0.25) is 0 Å². The molecule has 6 heteroatoms. The summed E-state index contributed by atoms with van der Waals surface area (Å²) < 4.78 is 13.5. The summed E-state index contributed by atoms with van der Waals surface area (Å²) >= 11 is 0. The van der Waals surface area contributed by atoms with Crippen molar-refractivity contribution in [2.75, 3.05) is 19.6 Å². The van der Waals surface area contributed by atoms with E-state index in [0.29, 0.717) is 5.96 Å². The van der Waals surface area contributed by atoms with Gasteiger partial charge in [0.15, 0.2) is 5.96 Å². The van der Waals surface area contributed by atoms with Crippen LogP contribution in [-0.4, -0.2) is 30.7 Å². The first-order chi connectivity index (χ1) is 9.19. The predicted octanol–water partition coefficient (Wildman–Crippen LogP) is 2.44. The quantitative estimate of drug-likeness (QED) is 0.394. The van der Waals surface area contributed by atoms with Gasteiger partial charge in [0.25, 0.3) is 0 Å². The highest BCUT2D eigenvalue weighted by atomic mass is 127. The molecule has 1 aromatic carbocycles. The minimum atomic E-state index is -0.932. The molecule has 1 rings (SSSR count). The number of hydrogen-bond acceptors (Lipinski definition) is 2. The van der Waals surface area contributed by atoms with Gasteiger partial charge in [-0.2, -0.15) is 0 Å². The van der Waals surface area contributed by atoms with Gasteiger partial charge in [-0.3, -0.25) is 4.99 Å². The highest BCUT2D eigenvalue weighted by molar-refractivity contribution is 14.0. The maximum absolute atomic E-state index is 13.5. The minimum absolute atomic E-state index is 0. The highest BCUT2D eigenvalue weighted by Crippen LogP contribution is 2.16. The molecule has 0 aromatic heterocycles. The smallest absolute Gasteiger partial charge is 0.191 e. The Kier molecular flexibility index (Phi) is 10.4. The van der Waals surface area contributed by atoms with Gasteiger partial charge in [-0.1, -0.05) is 25.1 Å². The van der Waals surface area contributed by atoms with Crippen LogP contribution in [0, 0.1) is 5.82 Å². The number of guanidine groups is 1. The number of rotatable bonds is 6. The van der Waals surface area contributed by atoms with Crippen molar-refractivity contribution < 1.29 is 9.50 Å². The standard InChI is InChI=1S/C14H22FN3O.HI/c1-3-9-17-14(16-4-2)18-10-13(19)11-7-5-6-8-12(11)15;/h5-8,13,19H,3-4,9-10H2,1-2H3,(H2,16,17,18);1H. The third kappa shape index (κ3) is 6.51. The molecule has 0 amide bonds. The molecule has 3 N–H and O–H groups in total. The number of nitrogens with one attached hydrogen (secondary N) is 2. The third-order valence-corrected chi connectivity index (χ3v) is 2.57. The topological polar surface area (TPSA) is 56.7 Å². The van der Waals surface area contributed by atoms with Gasteiger partial charge in [-0.25, -0.2) is 4.39 Å². The highest BCUT2D eigenvalue weighted by Gasteiger charge is 2.11. The van der Waals surface area contributed by atoms with Gasteiger partial charge in [0.05, 0.1) is 6.54 Å². The molecule has 20 heavy (non-hydrogen) atoms. The molecule has 0 aliphatic heterocycles. The van der Waals surface area contributed by atoms with Crippen molar-refractivity contribution in [2.24, 2.45) is 4.99 Å². The molecule has 0 aliphatic carbocycles. The summed E-state index contributed by atoms with van der Waals surface area (Å²) in [6.07, 6.45) is 0.0542. The van der Waals surface area contributed by atoms with Crippen molar-refractivity contribution in [3.05, 3.63) is 35.6 Å². The maximum Gasteiger partial charge on any atom is 0.191 e. The Bertz CT molecular complexity index is 415. The van der Waals surface area contributed by atoms with Crippen LogP contribution in [0.4, 0.5) is 4.39 Å². The molecular weight excluding hydrogens is 372 g/mol. The molecule has 0 fully saturated rings. The van der Waals surface area contributed by atoms with E-state index in [9.17, 15) is 9.50 Å². The van der Waals surface area contributed by atoms with Crippen LogP contribution in [0.15, 0.2) is 29.3 Å². The lowest BCUT2D eigenvalue weighted by atomic mass is 10.1. The first-order valence-corrected chi connectivity index (χ1v) is 6.63. The summed E-state index contributed by atoms with van der Waals surface area (Å²) in [5.41, 5.74) is 0.276. The van der Waals surface area contributed by atoms with Gasteiger partial charge in [-0.15, -0.1) is 24.0 Å². The lowest BCUT2D eigenvalue weighted by Crippen LogP contribution is -2.38. The third-order valence-electron chi connectivity index (χ3n) is 2.57. The lowest BCUT2D eigenvalue weighted by molar-refractivity contribution is 0.182. The van der Waals surface area contributed by atoms with Crippen LogP contribution in [0.3, 0.4) is 0 Å². The second-order valence-corrected chi connectivity index (χ2v) is 4.18. The average molecular weight is 395 g/mol. The lowest BCUT2D eigenvalue weighted by Gasteiger charge is -2.13. The Hall–Kier alpha value is -0.890. The minimum Gasteiger partial charge on any atom is -0.386 e. The molecule has 1 atom stereocenters. The van der Waals surface area contributed by atoms with E-state index < -0.39 is 11.9 Å². The van der Waals surface area contributed by atoms with E-state index in [2.05, 4.69) is 22.5 Å². The Morgan fingerprint density at radius 2 is 2.00 bits per heavy atom. The summed E-state index contributed by atoms with van der Waals surface area (Å²) in [6, 6.07) is 6.21. The molecular formula is C14H23FIN3O. The van der Waals surface area contributed by atoms with E-state index in [1.807, 2.05) is 6.92 Å². The summed E-state index contributed by atoms with van der Waals surface area (Å²) in [4.78, 5) is 4.25. The number of aliphatic imine (C=N–C) groups is 1. The van der Waals surface area contributed by atoms with Gasteiger partial charge in [-0.05, 0) is 19.4 Å². The molecule has 0 saturated heterocycles. The molecule has 0 bridgehead atoms. The zero-order valence-electron chi connectivity index (χ0n) is 11.9. The largest absolute Gasteiger partial charge is 0.386 e. The molecule has 4 nitrogen and oxygen atoms in total. The number of benzene rings is 1. The van der Waals surface area contributed by atoms with E-state index in [4.69, 9.17) is 0 Å². The Morgan fingerprint density at radius 3 is 2.60 bits per heavy atom. The normalized spacial score (nSPS) is 12.5. The van der Waals surface area contributed by atoms with Crippen LogP contribution in [0.5, 0.6) is 0 Å². The zero-order valence-corrected chi connectivity index (χ0v) is 14.2. The molecule has 1 unspecified atom stereocenters. The van der Waals surface area contributed by atoms with Crippen LogP contribution >= 0.6 is 24.0 Å². The number of nitrogens with zero attached hydrogens (tertiary/aromatic N) is 1. The number of aliphatic hydroxyl groups excluding tert-OH is 1. The van der Waals surface area contributed by atoms with Crippen molar-refractivity contribution in [1.29, 1.82) is 0 Å². The first-order valence-electron chi connectivity index (χ1n) is 6.63. The van der Waals surface area contributed by atoms with Gasteiger partial charge >= 0.3 is 0 Å². The first kappa shape index (κ1) is 19.1. The van der Waals surface area contributed by atoms with Crippen LogP contribution in [-0.2, 0) is 0 Å². The molecule has 0 saturated carbocycles. The second-order valence-electron chi connectivity index (χ2n) is 4.18. The van der Waals surface area contributed by atoms with E-state index in [0.717, 1.165) is 19.5 Å². The zero-order chi connectivity index (χ0) is 14.1. The fourth-order valence-electron chi connectivity index (χ4n) is 1.61. The molecule has 114 valence electrons. The Balaban J connectivity index is 0.00000361. The second kappa shape index (κ2) is 10.8. The Morgan fingerprint density at radius 1 is 1.30 bits per heavy atom. The van der Waals surface area contributed by atoms with E-state index in [1.165, 1.54) is 6.07 Å².